The van der Waals surface area contributed by atoms with Crippen molar-refractivity contribution in [3.63, 3.8) is 0 Å². The van der Waals surface area contributed by atoms with Gasteiger partial charge < -0.3 is 14.2 Å². The molecule has 0 N–H and O–H groups in total. The molecule has 9 aromatic rings. The standard InChI is InChI=1S/C28H35NO.C27H33NO.C26H31NO/c1-3-5-6-7-8-21-30-28-19-15-26(16-20-28)25-13-9-24(10-14-25)12-18-27-17-11-23(4-2)22-29-27;1-3-5-6-7-20-29-27-18-14-25(15-19-27)24-12-8-23(9-13-24)11-17-26-16-10-22(4-2)21-28-26;1-3-5-6-19-28-26-17-13-24(14-18-26)23-11-7-22(8-12-23)10-16-25-15-9-21(4-2)20-27-25/h9-11,13-17,19-20,22H,3-8,12,18,21H2,1-2H3;8-10,12-16,18-19,21H,3-7,11,17,20H2,1-2H3;7-9,11-15,17-18,20H,3-6,10,16,19H2,1-2H3. The van der Waals surface area contributed by atoms with Crippen molar-refractivity contribution in [2.45, 2.75) is 176 Å². The molecule has 9 rings (SSSR count). The van der Waals surface area contributed by atoms with Gasteiger partial charge in [-0.15, -0.1) is 0 Å². The van der Waals surface area contributed by atoms with Gasteiger partial charge in [-0.25, -0.2) is 0 Å². The van der Waals surface area contributed by atoms with Crippen molar-refractivity contribution in [1.29, 1.82) is 0 Å². The Hall–Kier alpha value is -7.83. The quantitative estimate of drug-likeness (QED) is 0.0382. The third kappa shape index (κ3) is 24.5. The molecule has 456 valence electrons. The first-order valence-electron chi connectivity index (χ1n) is 33.1. The van der Waals surface area contributed by atoms with Crippen LogP contribution in [0.1, 0.15) is 169 Å². The van der Waals surface area contributed by atoms with E-state index in [4.69, 9.17) is 14.2 Å². The van der Waals surface area contributed by atoms with Crippen molar-refractivity contribution in [3.05, 3.63) is 251 Å². The van der Waals surface area contributed by atoms with Crippen LogP contribution < -0.4 is 14.2 Å². The zero-order valence-electron chi connectivity index (χ0n) is 53.6. The first kappa shape index (κ1) is 66.7. The van der Waals surface area contributed by atoms with Crippen molar-refractivity contribution >= 4 is 0 Å². The molecular formula is C81H99N3O3. The maximum absolute atomic E-state index is 5.88. The Kier molecular flexibility index (Phi) is 29.9. The third-order valence-corrected chi connectivity index (χ3v) is 16.1. The summed E-state index contributed by atoms with van der Waals surface area (Å²) in [6.07, 6.45) is 30.0. The lowest BCUT2D eigenvalue weighted by Crippen LogP contribution is -1.97. The number of aryl methyl sites for hydroxylation is 9. The zero-order valence-corrected chi connectivity index (χ0v) is 53.6. The summed E-state index contributed by atoms with van der Waals surface area (Å²) in [5.41, 5.74) is 18.8. The second-order valence-electron chi connectivity index (χ2n) is 22.9. The smallest absolute Gasteiger partial charge is 0.119 e. The summed E-state index contributed by atoms with van der Waals surface area (Å²) in [4.78, 5) is 13.7. The summed E-state index contributed by atoms with van der Waals surface area (Å²) in [7, 11) is 0. The number of unbranched alkanes of at least 4 members (excludes halogenated alkanes) is 9. The Morgan fingerprint density at radius 2 is 0.460 bits per heavy atom. The van der Waals surface area contributed by atoms with Gasteiger partial charge in [0.2, 0.25) is 0 Å². The maximum atomic E-state index is 5.88. The molecule has 0 aliphatic rings. The van der Waals surface area contributed by atoms with E-state index in [0.717, 1.165) is 131 Å². The molecule has 0 atom stereocenters. The minimum atomic E-state index is 0.803. The molecule has 0 amide bonds. The Labute approximate surface area is 524 Å². The van der Waals surface area contributed by atoms with Gasteiger partial charge in [0, 0.05) is 35.7 Å². The number of benzene rings is 6. The first-order chi connectivity index (χ1) is 42.8. The minimum absolute atomic E-state index is 0.803. The van der Waals surface area contributed by atoms with Crippen LogP contribution in [0.15, 0.2) is 201 Å². The van der Waals surface area contributed by atoms with E-state index in [0.29, 0.717) is 0 Å². The van der Waals surface area contributed by atoms with Crippen molar-refractivity contribution in [2.75, 3.05) is 19.8 Å². The van der Waals surface area contributed by atoms with E-state index in [2.05, 4.69) is 238 Å². The fourth-order valence-electron chi connectivity index (χ4n) is 10.2. The van der Waals surface area contributed by atoms with Gasteiger partial charge >= 0.3 is 0 Å². The summed E-state index contributed by atoms with van der Waals surface area (Å²) in [6, 6.07) is 65.0. The van der Waals surface area contributed by atoms with Crippen molar-refractivity contribution in [3.8, 4) is 50.6 Å². The number of nitrogens with zero attached hydrogens (tertiary/aromatic N) is 3. The SMILES string of the molecule is CCCCCCCOc1ccc(-c2ccc(CCc3ccc(CC)cn3)cc2)cc1.CCCCCCOc1ccc(-c2ccc(CCc3ccc(CC)cn3)cc2)cc1.CCCCCOc1ccc(-c2ccc(CCc3ccc(CC)cn3)cc2)cc1. The molecule has 0 fully saturated rings. The number of hydrogen-bond donors (Lipinski definition) is 0. The van der Waals surface area contributed by atoms with E-state index in [1.165, 1.54) is 125 Å². The molecule has 0 radical (unpaired) electrons. The Balaban J connectivity index is 0.000000187. The van der Waals surface area contributed by atoms with E-state index in [9.17, 15) is 0 Å². The molecule has 6 heteroatoms. The van der Waals surface area contributed by atoms with Gasteiger partial charge in [-0.1, -0.05) is 227 Å². The van der Waals surface area contributed by atoms with Crippen LogP contribution in [0, 0.1) is 0 Å². The van der Waals surface area contributed by atoms with Gasteiger partial charge in [0.1, 0.15) is 17.2 Å². The molecule has 87 heavy (non-hydrogen) atoms. The monoisotopic (exact) mass is 1160 g/mol. The normalized spacial score (nSPS) is 10.8. The van der Waals surface area contributed by atoms with E-state index in [1.807, 2.05) is 18.6 Å². The molecule has 0 saturated heterocycles. The fraction of sp³-hybridized carbons (Fsp3) is 0.370. The van der Waals surface area contributed by atoms with Crippen molar-refractivity contribution in [1.82, 2.24) is 15.0 Å². The largest absolute Gasteiger partial charge is 0.494 e. The zero-order chi connectivity index (χ0) is 60.9. The van der Waals surface area contributed by atoms with Gasteiger partial charge in [0.05, 0.1) is 19.8 Å². The van der Waals surface area contributed by atoms with Crippen LogP contribution in [-0.2, 0) is 57.8 Å². The van der Waals surface area contributed by atoms with Crippen LogP contribution in [0.5, 0.6) is 17.2 Å². The van der Waals surface area contributed by atoms with E-state index >= 15 is 0 Å². The average Bonchev–Trinajstić information content (AvgIpc) is 3.78. The van der Waals surface area contributed by atoms with Gasteiger partial charge in [-0.05, 0) is 198 Å². The van der Waals surface area contributed by atoms with Gasteiger partial charge in [-0.3, -0.25) is 15.0 Å². The van der Waals surface area contributed by atoms with Crippen LogP contribution in [0.4, 0.5) is 0 Å². The highest BCUT2D eigenvalue weighted by Crippen LogP contribution is 2.27. The summed E-state index contributed by atoms with van der Waals surface area (Å²) >= 11 is 0. The van der Waals surface area contributed by atoms with Gasteiger partial charge in [0.15, 0.2) is 0 Å². The van der Waals surface area contributed by atoms with Gasteiger partial charge in [0.25, 0.3) is 0 Å². The second kappa shape index (κ2) is 39.1. The van der Waals surface area contributed by atoms with Crippen LogP contribution >= 0.6 is 0 Å². The van der Waals surface area contributed by atoms with Crippen molar-refractivity contribution in [2.24, 2.45) is 0 Å². The molecule has 0 aliphatic carbocycles. The highest BCUT2D eigenvalue weighted by Gasteiger charge is 2.07. The predicted octanol–water partition coefficient (Wildman–Crippen LogP) is 21.2. The number of pyridine rings is 3. The molecule has 0 saturated carbocycles. The average molecular weight is 1160 g/mol. The maximum Gasteiger partial charge on any atom is 0.119 e. The Bertz CT molecular complexity index is 3210. The summed E-state index contributed by atoms with van der Waals surface area (Å²) < 4.78 is 17.5. The van der Waals surface area contributed by atoms with Crippen LogP contribution in [0.3, 0.4) is 0 Å². The highest BCUT2D eigenvalue weighted by molar-refractivity contribution is 5.66. The minimum Gasteiger partial charge on any atom is -0.494 e. The molecule has 0 unspecified atom stereocenters. The molecule has 0 bridgehead atoms. The topological polar surface area (TPSA) is 66.4 Å². The first-order valence-corrected chi connectivity index (χ1v) is 33.1. The van der Waals surface area contributed by atoms with Crippen LogP contribution in [0.2, 0.25) is 0 Å². The number of aromatic nitrogens is 3. The Morgan fingerprint density at radius 3 is 0.713 bits per heavy atom. The second-order valence-corrected chi connectivity index (χ2v) is 22.9. The fourth-order valence-corrected chi connectivity index (χ4v) is 10.2. The Morgan fingerprint density at radius 1 is 0.230 bits per heavy atom. The lowest BCUT2D eigenvalue weighted by atomic mass is 10.0. The van der Waals surface area contributed by atoms with E-state index < -0.39 is 0 Å². The molecule has 0 spiro atoms. The highest BCUT2D eigenvalue weighted by atomic mass is 16.5. The van der Waals surface area contributed by atoms with Gasteiger partial charge in [-0.2, -0.15) is 0 Å². The molecular weight excluding hydrogens is 1060 g/mol. The molecule has 3 aromatic heterocycles. The lowest BCUT2D eigenvalue weighted by molar-refractivity contribution is 0.304. The molecule has 0 aliphatic heterocycles. The molecule has 6 aromatic carbocycles. The summed E-state index contributed by atoms with van der Waals surface area (Å²) in [5, 5.41) is 0. The predicted molar refractivity (Wildman–Crippen MR) is 368 cm³/mol. The lowest BCUT2D eigenvalue weighted by Gasteiger charge is -2.08. The molecule has 3 heterocycles. The summed E-state index contributed by atoms with van der Waals surface area (Å²) in [6.45, 7) is 15.6. The van der Waals surface area contributed by atoms with Crippen LogP contribution in [-0.4, -0.2) is 34.8 Å². The van der Waals surface area contributed by atoms with E-state index in [1.54, 1.807) is 0 Å². The number of rotatable bonds is 33. The van der Waals surface area contributed by atoms with E-state index in [-0.39, 0.29) is 0 Å². The van der Waals surface area contributed by atoms with Crippen molar-refractivity contribution < 1.29 is 14.2 Å². The molecule has 6 nitrogen and oxygen atoms in total. The third-order valence-electron chi connectivity index (χ3n) is 16.1. The van der Waals surface area contributed by atoms with Crippen LogP contribution in [0.25, 0.3) is 33.4 Å². The summed E-state index contributed by atoms with van der Waals surface area (Å²) in [5.74, 6) is 2.88. The number of hydrogen-bond acceptors (Lipinski definition) is 6. The number of ether oxygens (including phenoxy) is 3.